The predicted octanol–water partition coefficient (Wildman–Crippen LogP) is 23.3. The Morgan fingerprint density at radius 3 is 0.795 bits per heavy atom. The van der Waals surface area contributed by atoms with E-state index in [9.17, 15) is 14.4 Å². The smallest absolute Gasteiger partial charge is 0.306 e. The Labute approximate surface area is 484 Å². The lowest BCUT2D eigenvalue weighted by molar-refractivity contribution is -0.167. The van der Waals surface area contributed by atoms with Crippen LogP contribution in [0.5, 0.6) is 0 Å². The third kappa shape index (κ3) is 63.7. The van der Waals surface area contributed by atoms with Gasteiger partial charge in [0.05, 0.1) is 0 Å². The minimum atomic E-state index is -0.779. The number of carbonyl (C=O) groups is 3. The van der Waals surface area contributed by atoms with Crippen LogP contribution in [-0.2, 0) is 28.6 Å². The van der Waals surface area contributed by atoms with E-state index < -0.39 is 6.10 Å². The van der Waals surface area contributed by atoms with Crippen LogP contribution in [0.2, 0.25) is 0 Å². The molecule has 0 spiro atoms. The van der Waals surface area contributed by atoms with E-state index in [4.69, 9.17) is 14.2 Å². The van der Waals surface area contributed by atoms with Crippen molar-refractivity contribution >= 4 is 17.9 Å². The summed E-state index contributed by atoms with van der Waals surface area (Å²) in [6, 6.07) is 0. The molecular formula is C72H128O6. The molecule has 0 aromatic rings. The van der Waals surface area contributed by atoms with Crippen molar-refractivity contribution < 1.29 is 28.6 Å². The average molecular weight is 1090 g/mol. The van der Waals surface area contributed by atoms with Gasteiger partial charge in [-0.2, -0.15) is 0 Å². The number of esters is 3. The Morgan fingerprint density at radius 2 is 0.500 bits per heavy atom. The number of unbranched alkanes of at least 4 members (excludes halogenated alkanes) is 39. The summed E-state index contributed by atoms with van der Waals surface area (Å²) >= 11 is 0. The summed E-state index contributed by atoms with van der Waals surface area (Å²) in [5.74, 6) is -0.861. The summed E-state index contributed by atoms with van der Waals surface area (Å²) in [6.07, 6.45) is 86.2. The van der Waals surface area contributed by atoms with Gasteiger partial charge in [0.1, 0.15) is 13.2 Å². The van der Waals surface area contributed by atoms with E-state index in [1.54, 1.807) is 0 Å². The van der Waals surface area contributed by atoms with Gasteiger partial charge in [0.15, 0.2) is 6.10 Å². The summed E-state index contributed by atoms with van der Waals surface area (Å²) < 4.78 is 17.0. The standard InChI is InChI=1S/C72H128O6/c1-4-7-10-13-16-19-22-25-28-31-33-34-35-36-37-38-40-41-44-47-50-53-56-59-62-65-71(74)77-68-69(67-76-70(73)64-61-58-55-52-49-46-43-30-27-24-21-18-15-12-9-6-3)78-72(75)66-63-60-57-54-51-48-45-42-39-32-29-26-23-20-17-14-11-8-5-2/h7,10,16,19,25-26,28-29,33-34,36-37,69H,4-6,8-9,11-15,17-18,20-24,27,30-32,35,38-68H2,1-3H3/b10-7-,19-16-,28-25-,29-26-,34-33-,37-36-. The van der Waals surface area contributed by atoms with Crippen molar-refractivity contribution in [3.63, 3.8) is 0 Å². The van der Waals surface area contributed by atoms with E-state index in [0.717, 1.165) is 96.3 Å². The fourth-order valence-corrected chi connectivity index (χ4v) is 9.88. The molecule has 1 unspecified atom stereocenters. The molecule has 0 aliphatic rings. The number of hydrogen-bond acceptors (Lipinski definition) is 6. The van der Waals surface area contributed by atoms with Crippen molar-refractivity contribution in [2.45, 2.75) is 354 Å². The van der Waals surface area contributed by atoms with Gasteiger partial charge in [0.25, 0.3) is 0 Å². The van der Waals surface area contributed by atoms with Crippen LogP contribution in [0, 0.1) is 0 Å². The minimum Gasteiger partial charge on any atom is -0.462 e. The Morgan fingerprint density at radius 1 is 0.269 bits per heavy atom. The summed E-state index contributed by atoms with van der Waals surface area (Å²) in [5.41, 5.74) is 0. The second-order valence-electron chi connectivity index (χ2n) is 22.7. The third-order valence-electron chi connectivity index (χ3n) is 14.9. The monoisotopic (exact) mass is 1090 g/mol. The molecule has 0 N–H and O–H groups in total. The fraction of sp³-hybridized carbons (Fsp3) is 0.792. The van der Waals surface area contributed by atoms with Gasteiger partial charge in [-0.1, -0.05) is 312 Å². The van der Waals surface area contributed by atoms with Crippen LogP contribution in [0.1, 0.15) is 348 Å². The van der Waals surface area contributed by atoms with E-state index in [1.165, 1.54) is 212 Å². The molecule has 0 radical (unpaired) electrons. The van der Waals surface area contributed by atoms with Gasteiger partial charge in [0.2, 0.25) is 0 Å². The largest absolute Gasteiger partial charge is 0.462 e. The maximum atomic E-state index is 12.9. The Kier molecular flexibility index (Phi) is 63.7. The molecule has 6 heteroatoms. The third-order valence-corrected chi connectivity index (χ3v) is 14.9. The Hall–Kier alpha value is -3.15. The molecule has 452 valence electrons. The second kappa shape index (κ2) is 66.4. The van der Waals surface area contributed by atoms with E-state index in [1.807, 2.05) is 0 Å². The molecule has 0 fully saturated rings. The molecule has 0 aromatic heterocycles. The van der Waals surface area contributed by atoms with Crippen LogP contribution >= 0.6 is 0 Å². The molecule has 0 aromatic carbocycles. The van der Waals surface area contributed by atoms with Gasteiger partial charge in [0, 0.05) is 19.3 Å². The lowest BCUT2D eigenvalue weighted by Crippen LogP contribution is -2.30. The maximum Gasteiger partial charge on any atom is 0.306 e. The van der Waals surface area contributed by atoms with Crippen LogP contribution in [0.25, 0.3) is 0 Å². The van der Waals surface area contributed by atoms with E-state index in [-0.39, 0.29) is 31.1 Å². The number of hydrogen-bond donors (Lipinski definition) is 0. The lowest BCUT2D eigenvalue weighted by Gasteiger charge is -2.18. The molecule has 0 rings (SSSR count). The molecule has 0 amide bonds. The van der Waals surface area contributed by atoms with Gasteiger partial charge in [-0.05, 0) is 89.9 Å². The number of rotatable bonds is 62. The summed E-state index contributed by atoms with van der Waals surface area (Å²) in [4.78, 5) is 38.4. The second-order valence-corrected chi connectivity index (χ2v) is 22.7. The normalized spacial score (nSPS) is 12.5. The van der Waals surface area contributed by atoms with Crippen molar-refractivity contribution in [1.29, 1.82) is 0 Å². The first kappa shape index (κ1) is 74.8. The van der Waals surface area contributed by atoms with E-state index >= 15 is 0 Å². The predicted molar refractivity (Wildman–Crippen MR) is 339 cm³/mol. The highest BCUT2D eigenvalue weighted by Crippen LogP contribution is 2.17. The quantitative estimate of drug-likeness (QED) is 0.0261. The maximum absolute atomic E-state index is 12.9. The van der Waals surface area contributed by atoms with Crippen LogP contribution in [0.3, 0.4) is 0 Å². The van der Waals surface area contributed by atoms with Gasteiger partial charge >= 0.3 is 17.9 Å². The minimum absolute atomic E-state index is 0.0738. The molecule has 78 heavy (non-hydrogen) atoms. The average Bonchev–Trinajstić information content (AvgIpc) is 3.44. The van der Waals surface area contributed by atoms with Crippen LogP contribution in [0.4, 0.5) is 0 Å². The number of allylic oxidation sites excluding steroid dienone is 12. The summed E-state index contributed by atoms with van der Waals surface area (Å²) in [7, 11) is 0. The molecule has 0 saturated carbocycles. The topological polar surface area (TPSA) is 78.9 Å². The van der Waals surface area contributed by atoms with Crippen molar-refractivity contribution in [2.24, 2.45) is 0 Å². The molecule has 1 atom stereocenters. The molecule has 0 bridgehead atoms. The summed E-state index contributed by atoms with van der Waals surface area (Å²) in [6.45, 7) is 6.57. The van der Waals surface area contributed by atoms with Crippen molar-refractivity contribution in [3.05, 3.63) is 72.9 Å². The van der Waals surface area contributed by atoms with Crippen molar-refractivity contribution in [3.8, 4) is 0 Å². The number of ether oxygens (including phenoxy) is 3. The van der Waals surface area contributed by atoms with Crippen molar-refractivity contribution in [2.75, 3.05) is 13.2 Å². The molecule has 0 aliphatic heterocycles. The molecule has 6 nitrogen and oxygen atoms in total. The Bertz CT molecular complexity index is 1440. The van der Waals surface area contributed by atoms with Crippen LogP contribution < -0.4 is 0 Å². The summed E-state index contributed by atoms with van der Waals surface area (Å²) in [5, 5.41) is 0. The molecule has 0 heterocycles. The zero-order valence-corrected chi connectivity index (χ0v) is 51.9. The van der Waals surface area contributed by atoms with Crippen molar-refractivity contribution in [1.82, 2.24) is 0 Å². The Balaban J connectivity index is 4.34. The van der Waals surface area contributed by atoms with Gasteiger partial charge in [-0.15, -0.1) is 0 Å². The number of carbonyl (C=O) groups excluding carboxylic acids is 3. The highest BCUT2D eigenvalue weighted by atomic mass is 16.6. The molecule has 0 aliphatic carbocycles. The first-order valence-corrected chi connectivity index (χ1v) is 33.9. The van der Waals surface area contributed by atoms with Crippen LogP contribution in [-0.4, -0.2) is 37.2 Å². The SMILES string of the molecule is CC/C=C\C/C=C\C/C=C\C/C=C\C/C=C\CCCCCCCCCCCC(=O)OCC(COC(=O)CCCCCCCCCCCCCCCCCC)OC(=O)CCCCCCCCCCC/C=C\CCCCCCCC. The fourth-order valence-electron chi connectivity index (χ4n) is 9.88. The first-order chi connectivity index (χ1) is 38.5. The zero-order chi connectivity index (χ0) is 56.4. The van der Waals surface area contributed by atoms with E-state index in [0.29, 0.717) is 19.3 Å². The molecule has 0 saturated heterocycles. The highest BCUT2D eigenvalue weighted by molar-refractivity contribution is 5.71. The highest BCUT2D eigenvalue weighted by Gasteiger charge is 2.19. The van der Waals surface area contributed by atoms with Gasteiger partial charge in [-0.25, -0.2) is 0 Å². The lowest BCUT2D eigenvalue weighted by atomic mass is 10.0. The zero-order valence-electron chi connectivity index (χ0n) is 51.9. The van der Waals surface area contributed by atoms with Crippen LogP contribution in [0.15, 0.2) is 72.9 Å². The first-order valence-electron chi connectivity index (χ1n) is 33.9. The van der Waals surface area contributed by atoms with Gasteiger partial charge < -0.3 is 14.2 Å². The molecular weight excluding hydrogens is 961 g/mol. The van der Waals surface area contributed by atoms with Gasteiger partial charge in [-0.3, -0.25) is 14.4 Å². The van der Waals surface area contributed by atoms with E-state index in [2.05, 4.69) is 93.7 Å².